The summed E-state index contributed by atoms with van der Waals surface area (Å²) in [6.45, 7) is -0.314. The zero-order chi connectivity index (χ0) is 23.6. The van der Waals surface area contributed by atoms with Crippen LogP contribution in [0.25, 0.3) is 0 Å². The molecule has 2 aromatic rings. The highest BCUT2D eigenvalue weighted by Crippen LogP contribution is 2.47. The number of carbonyl (C=O) groups excluding carboxylic acids is 2. The summed E-state index contributed by atoms with van der Waals surface area (Å²) < 4.78 is 18.9. The lowest BCUT2D eigenvalue weighted by Gasteiger charge is -2.56. The molecule has 0 unspecified atom stereocenters. The average molecular weight is 496 g/mol. The highest BCUT2D eigenvalue weighted by Gasteiger charge is 2.55. The minimum atomic E-state index is -0.814. The van der Waals surface area contributed by atoms with Gasteiger partial charge in [-0.15, -0.1) is 0 Å². The van der Waals surface area contributed by atoms with Crippen molar-refractivity contribution in [1.29, 1.82) is 0 Å². The Hall–Kier alpha value is -2.42. The number of nitrogens with one attached hydrogen (secondary N) is 2. The van der Waals surface area contributed by atoms with Crippen LogP contribution in [0.4, 0.5) is 4.39 Å². The number of ether oxygens (including phenoxy) is 1. The summed E-state index contributed by atoms with van der Waals surface area (Å²) >= 11 is 11.5. The van der Waals surface area contributed by atoms with Gasteiger partial charge in [0.2, 0.25) is 5.91 Å². The SMILES string of the molecule is O=C(Cc1ccc(Cl)cn1)NC12CCC(NC(=O)COc3ccc(Cl)c(F)c3)(CC1)[C@@H](O)C2. The van der Waals surface area contributed by atoms with Crippen LogP contribution < -0.4 is 15.4 Å². The molecule has 3 aliphatic carbocycles. The summed E-state index contributed by atoms with van der Waals surface area (Å²) in [6.07, 6.45) is 3.46. The number of hydrogen-bond donors (Lipinski definition) is 3. The number of aliphatic hydroxyl groups excluding tert-OH is 1. The monoisotopic (exact) mass is 495 g/mol. The lowest BCUT2D eigenvalue weighted by Crippen LogP contribution is -2.70. The van der Waals surface area contributed by atoms with Crippen molar-refractivity contribution in [3.8, 4) is 5.75 Å². The van der Waals surface area contributed by atoms with E-state index in [1.165, 1.54) is 18.3 Å². The molecule has 3 N–H and O–H groups in total. The summed E-state index contributed by atoms with van der Waals surface area (Å²) in [6, 6.07) is 7.33. The van der Waals surface area contributed by atoms with E-state index >= 15 is 0 Å². The quantitative estimate of drug-likeness (QED) is 0.547. The minimum Gasteiger partial charge on any atom is -0.484 e. The number of nitrogens with zero attached hydrogens (tertiary/aromatic N) is 1. The molecular weight excluding hydrogens is 472 g/mol. The predicted molar refractivity (Wildman–Crippen MR) is 121 cm³/mol. The zero-order valence-corrected chi connectivity index (χ0v) is 19.3. The molecule has 5 rings (SSSR count). The molecular formula is C23H24Cl2FN3O4. The van der Waals surface area contributed by atoms with E-state index in [1.807, 2.05) is 0 Å². The van der Waals surface area contributed by atoms with E-state index in [0.717, 1.165) is 6.07 Å². The second kappa shape index (κ2) is 9.44. The molecule has 2 bridgehead atoms. The summed E-state index contributed by atoms with van der Waals surface area (Å²) in [5.74, 6) is -1.02. The number of rotatable bonds is 7. The predicted octanol–water partition coefficient (Wildman–Crippen LogP) is 3.20. The zero-order valence-electron chi connectivity index (χ0n) is 17.7. The highest BCUT2D eigenvalue weighted by atomic mass is 35.5. The van der Waals surface area contributed by atoms with Gasteiger partial charge in [-0.1, -0.05) is 23.2 Å². The van der Waals surface area contributed by atoms with Crippen LogP contribution in [-0.2, 0) is 16.0 Å². The van der Waals surface area contributed by atoms with Gasteiger partial charge in [0.05, 0.1) is 28.1 Å². The standard InChI is InChI=1S/C23H24Cl2FN3O4/c24-14-1-2-15(27-12-14)9-20(31)28-22-5-7-23(8-6-22,19(30)11-22)29-21(32)13-33-16-3-4-17(25)18(26)10-16/h1-4,10,12,19,30H,5-9,11,13H2,(H,28,31)(H,29,32)/t19-,22?,23?/m0/s1. The minimum absolute atomic E-state index is 0.0294. The van der Waals surface area contributed by atoms with Gasteiger partial charge in [-0.05, 0) is 56.4 Å². The van der Waals surface area contributed by atoms with Crippen LogP contribution in [0.3, 0.4) is 0 Å². The third-order valence-electron chi connectivity index (χ3n) is 6.51. The lowest BCUT2D eigenvalue weighted by atomic mass is 9.60. The van der Waals surface area contributed by atoms with Crippen LogP contribution in [0.15, 0.2) is 36.5 Å². The first kappa shape index (κ1) is 23.7. The van der Waals surface area contributed by atoms with Crippen LogP contribution in [0, 0.1) is 5.82 Å². The van der Waals surface area contributed by atoms with Gasteiger partial charge in [0.25, 0.3) is 5.91 Å². The van der Waals surface area contributed by atoms with Gasteiger partial charge < -0.3 is 20.5 Å². The normalized spacial score (nSPS) is 26.0. The molecule has 3 fully saturated rings. The third-order valence-corrected chi connectivity index (χ3v) is 7.04. The van der Waals surface area contributed by atoms with Gasteiger partial charge in [0, 0.05) is 23.5 Å². The van der Waals surface area contributed by atoms with E-state index in [2.05, 4.69) is 15.6 Å². The summed E-state index contributed by atoms with van der Waals surface area (Å²) in [5.41, 5.74) is -0.662. The number of pyridine rings is 1. The molecule has 0 spiro atoms. The maximum absolute atomic E-state index is 13.5. The van der Waals surface area contributed by atoms with Crippen LogP contribution in [0.2, 0.25) is 10.0 Å². The molecule has 1 aromatic carbocycles. The van der Waals surface area contributed by atoms with Crippen molar-refractivity contribution in [2.24, 2.45) is 0 Å². The Morgan fingerprint density at radius 3 is 2.52 bits per heavy atom. The first-order valence-corrected chi connectivity index (χ1v) is 11.4. The number of hydrogen-bond acceptors (Lipinski definition) is 5. The summed E-state index contributed by atoms with van der Waals surface area (Å²) in [5, 5.41) is 17.3. The first-order valence-electron chi connectivity index (χ1n) is 10.7. The molecule has 0 aliphatic heterocycles. The maximum atomic E-state index is 13.5. The van der Waals surface area contributed by atoms with Gasteiger partial charge in [-0.2, -0.15) is 0 Å². The van der Waals surface area contributed by atoms with E-state index in [0.29, 0.717) is 42.8 Å². The van der Waals surface area contributed by atoms with Crippen LogP contribution in [0.5, 0.6) is 5.75 Å². The molecule has 7 nitrogen and oxygen atoms in total. The Bertz CT molecular complexity index is 1040. The molecule has 0 radical (unpaired) electrons. The fraction of sp³-hybridized carbons (Fsp3) is 0.435. The number of halogens is 3. The fourth-order valence-corrected chi connectivity index (χ4v) is 4.94. The Labute approximate surface area is 200 Å². The smallest absolute Gasteiger partial charge is 0.258 e. The number of aliphatic hydroxyl groups is 1. The van der Waals surface area contributed by atoms with Crippen LogP contribution in [-0.4, -0.2) is 45.7 Å². The maximum Gasteiger partial charge on any atom is 0.258 e. The molecule has 176 valence electrons. The van der Waals surface area contributed by atoms with Gasteiger partial charge in [0.15, 0.2) is 6.61 Å². The lowest BCUT2D eigenvalue weighted by molar-refractivity contribution is -0.136. The Morgan fingerprint density at radius 1 is 1.12 bits per heavy atom. The number of fused-ring (bicyclic) bond motifs is 3. The average Bonchev–Trinajstić information content (AvgIpc) is 2.77. The van der Waals surface area contributed by atoms with Gasteiger partial charge >= 0.3 is 0 Å². The van der Waals surface area contributed by atoms with Gasteiger partial charge in [-0.25, -0.2) is 4.39 Å². The van der Waals surface area contributed by atoms with Crippen molar-refractivity contribution >= 4 is 35.0 Å². The first-order chi connectivity index (χ1) is 15.7. The van der Waals surface area contributed by atoms with Crippen LogP contribution >= 0.6 is 23.2 Å². The van der Waals surface area contributed by atoms with Crippen molar-refractivity contribution in [1.82, 2.24) is 15.6 Å². The van der Waals surface area contributed by atoms with E-state index < -0.39 is 28.9 Å². The molecule has 3 aliphatic rings. The number of benzene rings is 1. The fourth-order valence-electron chi connectivity index (χ4n) is 4.71. The number of carbonyl (C=O) groups is 2. The molecule has 1 aromatic heterocycles. The van der Waals surface area contributed by atoms with Crippen molar-refractivity contribution < 1.29 is 23.8 Å². The molecule has 3 saturated carbocycles. The number of aromatic nitrogens is 1. The van der Waals surface area contributed by atoms with Crippen molar-refractivity contribution in [3.63, 3.8) is 0 Å². The summed E-state index contributed by atoms with van der Waals surface area (Å²) in [4.78, 5) is 29.2. The Kier molecular flexibility index (Phi) is 6.79. The topological polar surface area (TPSA) is 101 Å². The molecule has 1 heterocycles. The molecule has 2 amide bonds. The molecule has 0 saturated heterocycles. The molecule has 1 atom stereocenters. The third kappa shape index (κ3) is 5.39. The Balaban J connectivity index is 1.31. The van der Waals surface area contributed by atoms with E-state index in [-0.39, 0.29) is 29.7 Å². The Morgan fingerprint density at radius 2 is 1.88 bits per heavy atom. The van der Waals surface area contributed by atoms with E-state index in [4.69, 9.17) is 27.9 Å². The van der Waals surface area contributed by atoms with Crippen molar-refractivity contribution in [2.45, 2.75) is 55.7 Å². The second-order valence-electron chi connectivity index (χ2n) is 8.76. The highest BCUT2D eigenvalue weighted by molar-refractivity contribution is 6.30. The van der Waals surface area contributed by atoms with E-state index in [1.54, 1.807) is 12.1 Å². The molecule has 33 heavy (non-hydrogen) atoms. The van der Waals surface area contributed by atoms with Crippen molar-refractivity contribution in [2.75, 3.05) is 6.61 Å². The largest absolute Gasteiger partial charge is 0.484 e. The number of amides is 2. The van der Waals surface area contributed by atoms with Gasteiger partial charge in [-0.3, -0.25) is 14.6 Å². The van der Waals surface area contributed by atoms with Crippen molar-refractivity contribution in [3.05, 3.63) is 58.1 Å². The summed E-state index contributed by atoms with van der Waals surface area (Å²) in [7, 11) is 0. The second-order valence-corrected chi connectivity index (χ2v) is 9.61. The molecule has 10 heteroatoms. The van der Waals surface area contributed by atoms with E-state index in [9.17, 15) is 19.1 Å². The van der Waals surface area contributed by atoms with Gasteiger partial charge in [0.1, 0.15) is 11.6 Å². The van der Waals surface area contributed by atoms with Crippen LogP contribution in [0.1, 0.15) is 37.8 Å².